The molecule has 0 bridgehead atoms. The average Bonchev–Trinajstić information content (AvgIpc) is 3.14. The highest BCUT2D eigenvalue weighted by molar-refractivity contribution is 14.0. The van der Waals surface area contributed by atoms with Gasteiger partial charge in [-0.2, -0.15) is 8.78 Å². The number of aliphatic imine (C=N–C) groups is 1. The van der Waals surface area contributed by atoms with E-state index in [4.69, 9.17) is 9.47 Å². The van der Waals surface area contributed by atoms with Crippen LogP contribution in [0.5, 0.6) is 17.2 Å². The van der Waals surface area contributed by atoms with Crippen LogP contribution in [-0.4, -0.2) is 38.9 Å². The van der Waals surface area contributed by atoms with Crippen LogP contribution in [0.25, 0.3) is 0 Å². The SMILES string of the molecule is CN=C(NCC(=O)Nc1cccc(F)c1)NCc1cc2c(cc1OC(F)F)OCO2.I. The molecule has 0 unspecified atom stereocenters. The Morgan fingerprint density at radius 2 is 1.94 bits per heavy atom. The summed E-state index contributed by atoms with van der Waals surface area (Å²) in [6.07, 6.45) is 0. The van der Waals surface area contributed by atoms with Crippen LogP contribution < -0.4 is 30.2 Å². The Balaban J connectivity index is 0.00000341. The van der Waals surface area contributed by atoms with Gasteiger partial charge in [-0.15, -0.1) is 24.0 Å². The van der Waals surface area contributed by atoms with Crippen LogP contribution in [0.3, 0.4) is 0 Å². The van der Waals surface area contributed by atoms with E-state index in [1.54, 1.807) is 6.07 Å². The van der Waals surface area contributed by atoms with E-state index in [1.807, 2.05) is 0 Å². The van der Waals surface area contributed by atoms with E-state index in [9.17, 15) is 18.0 Å². The fourth-order valence-electron chi connectivity index (χ4n) is 2.64. The Bertz CT molecular complexity index is 946. The fourth-order valence-corrected chi connectivity index (χ4v) is 2.64. The lowest BCUT2D eigenvalue weighted by Gasteiger charge is -2.15. The minimum atomic E-state index is -3.01. The molecule has 0 aromatic heterocycles. The molecule has 1 aliphatic rings. The molecule has 1 aliphatic heterocycles. The summed E-state index contributed by atoms with van der Waals surface area (Å²) in [6.45, 7) is -3.11. The molecular weight excluding hydrogens is 532 g/mol. The van der Waals surface area contributed by atoms with Crippen molar-refractivity contribution in [1.82, 2.24) is 10.6 Å². The van der Waals surface area contributed by atoms with Crippen LogP contribution >= 0.6 is 24.0 Å². The maximum Gasteiger partial charge on any atom is 0.387 e. The zero-order valence-electron chi connectivity index (χ0n) is 16.3. The third-order valence-corrected chi connectivity index (χ3v) is 3.97. The molecule has 0 atom stereocenters. The zero-order valence-corrected chi connectivity index (χ0v) is 18.6. The first kappa shape index (κ1) is 24.4. The summed E-state index contributed by atoms with van der Waals surface area (Å²) >= 11 is 0. The molecule has 0 aliphatic carbocycles. The predicted molar refractivity (Wildman–Crippen MR) is 118 cm³/mol. The molecule has 3 N–H and O–H groups in total. The van der Waals surface area contributed by atoms with Crippen LogP contribution in [-0.2, 0) is 11.3 Å². The molecule has 31 heavy (non-hydrogen) atoms. The number of carbonyl (C=O) groups is 1. The second-order valence-electron chi connectivity index (χ2n) is 6.03. The molecule has 12 heteroatoms. The Kier molecular flexibility index (Phi) is 9.03. The van der Waals surface area contributed by atoms with E-state index >= 15 is 0 Å². The highest BCUT2D eigenvalue weighted by Gasteiger charge is 2.20. The van der Waals surface area contributed by atoms with E-state index in [0.717, 1.165) is 0 Å². The number of hydrogen-bond acceptors (Lipinski definition) is 5. The quantitative estimate of drug-likeness (QED) is 0.278. The predicted octanol–water partition coefficient (Wildman–Crippen LogP) is 3.08. The maximum absolute atomic E-state index is 13.2. The summed E-state index contributed by atoms with van der Waals surface area (Å²) in [6, 6.07) is 8.34. The second-order valence-corrected chi connectivity index (χ2v) is 6.03. The van der Waals surface area contributed by atoms with Crippen molar-refractivity contribution in [1.29, 1.82) is 0 Å². The molecule has 8 nitrogen and oxygen atoms in total. The van der Waals surface area contributed by atoms with E-state index in [2.05, 4.69) is 25.7 Å². The molecule has 0 radical (unpaired) electrons. The monoisotopic (exact) mass is 552 g/mol. The lowest BCUT2D eigenvalue weighted by atomic mass is 10.1. The Hall–Kier alpha value is -2.90. The number of anilines is 1. The number of ether oxygens (including phenoxy) is 3. The zero-order chi connectivity index (χ0) is 21.5. The Morgan fingerprint density at radius 1 is 1.19 bits per heavy atom. The molecular formula is C19H20F3IN4O4. The first-order chi connectivity index (χ1) is 14.4. The third-order valence-electron chi connectivity index (χ3n) is 3.97. The van der Waals surface area contributed by atoms with E-state index < -0.39 is 18.3 Å². The van der Waals surface area contributed by atoms with Gasteiger partial charge in [0.1, 0.15) is 11.6 Å². The van der Waals surface area contributed by atoms with Crippen molar-refractivity contribution >= 4 is 41.5 Å². The average molecular weight is 552 g/mol. The topological polar surface area (TPSA) is 93.2 Å². The number of nitrogens with zero attached hydrogens (tertiary/aromatic N) is 1. The smallest absolute Gasteiger partial charge is 0.387 e. The normalized spacial score (nSPS) is 12.2. The van der Waals surface area contributed by atoms with Gasteiger partial charge in [0.15, 0.2) is 17.5 Å². The minimum absolute atomic E-state index is 0. The number of halogens is 4. The van der Waals surface area contributed by atoms with Gasteiger partial charge < -0.3 is 30.2 Å². The van der Waals surface area contributed by atoms with Crippen molar-refractivity contribution in [2.45, 2.75) is 13.2 Å². The summed E-state index contributed by atoms with van der Waals surface area (Å²) in [7, 11) is 1.48. The van der Waals surface area contributed by atoms with Crippen LogP contribution in [0, 0.1) is 5.82 Å². The molecule has 3 rings (SSSR count). The first-order valence-corrected chi connectivity index (χ1v) is 8.82. The fraction of sp³-hybridized carbons (Fsp3) is 0.263. The molecule has 0 saturated heterocycles. The number of benzene rings is 2. The number of hydrogen-bond donors (Lipinski definition) is 3. The second kappa shape index (κ2) is 11.5. The van der Waals surface area contributed by atoms with Gasteiger partial charge in [-0.05, 0) is 24.3 Å². The van der Waals surface area contributed by atoms with Crippen molar-refractivity contribution in [3.05, 3.63) is 47.8 Å². The maximum atomic E-state index is 13.2. The van der Waals surface area contributed by atoms with Gasteiger partial charge in [-0.3, -0.25) is 9.79 Å². The lowest BCUT2D eigenvalue weighted by Crippen LogP contribution is -2.41. The van der Waals surface area contributed by atoms with Gasteiger partial charge in [-0.1, -0.05) is 6.07 Å². The van der Waals surface area contributed by atoms with Gasteiger partial charge in [0.05, 0.1) is 6.54 Å². The van der Waals surface area contributed by atoms with Crippen LogP contribution in [0.2, 0.25) is 0 Å². The summed E-state index contributed by atoms with van der Waals surface area (Å²) in [5, 5.41) is 8.21. The highest BCUT2D eigenvalue weighted by Crippen LogP contribution is 2.38. The van der Waals surface area contributed by atoms with E-state index in [0.29, 0.717) is 22.7 Å². The number of nitrogens with one attached hydrogen (secondary N) is 3. The van der Waals surface area contributed by atoms with Gasteiger partial charge in [0.25, 0.3) is 0 Å². The summed E-state index contributed by atoms with van der Waals surface area (Å²) in [5.41, 5.74) is 0.700. The number of guanidine groups is 1. The van der Waals surface area contributed by atoms with E-state index in [-0.39, 0.29) is 55.6 Å². The van der Waals surface area contributed by atoms with E-state index in [1.165, 1.54) is 37.4 Å². The van der Waals surface area contributed by atoms with Crippen molar-refractivity contribution in [3.8, 4) is 17.2 Å². The summed E-state index contributed by atoms with van der Waals surface area (Å²) in [5.74, 6) is 0.00000148. The van der Waals surface area contributed by atoms with Crippen molar-refractivity contribution in [2.75, 3.05) is 25.7 Å². The van der Waals surface area contributed by atoms with Crippen LogP contribution in [0.15, 0.2) is 41.4 Å². The minimum Gasteiger partial charge on any atom is -0.454 e. The van der Waals surface area contributed by atoms with Gasteiger partial charge >= 0.3 is 6.61 Å². The van der Waals surface area contributed by atoms with Gasteiger partial charge in [0, 0.05) is 30.9 Å². The standard InChI is InChI=1S/C19H19F3N4O4.HI/c1-23-19(25-9-17(27)26-13-4-2-3-12(20)6-13)24-8-11-5-15-16(29-10-28-15)7-14(11)30-18(21)22;/h2-7,18H,8-10H2,1H3,(H,26,27)(H2,23,24,25);1H. The third kappa shape index (κ3) is 7.08. The number of carbonyl (C=O) groups excluding carboxylic acids is 1. The van der Waals surface area contributed by atoms with Crippen molar-refractivity contribution in [3.63, 3.8) is 0 Å². The van der Waals surface area contributed by atoms with Gasteiger partial charge in [-0.25, -0.2) is 4.39 Å². The number of fused-ring (bicyclic) bond motifs is 1. The Morgan fingerprint density at radius 3 is 2.61 bits per heavy atom. The van der Waals surface area contributed by atoms with Crippen LogP contribution in [0.4, 0.5) is 18.9 Å². The molecule has 2 aromatic carbocycles. The molecule has 1 heterocycles. The largest absolute Gasteiger partial charge is 0.454 e. The molecule has 2 aromatic rings. The molecule has 0 saturated carbocycles. The molecule has 0 fully saturated rings. The number of alkyl halides is 2. The first-order valence-electron chi connectivity index (χ1n) is 8.82. The van der Waals surface area contributed by atoms with Crippen molar-refractivity contribution < 1.29 is 32.2 Å². The highest BCUT2D eigenvalue weighted by atomic mass is 127. The van der Waals surface area contributed by atoms with Crippen molar-refractivity contribution in [2.24, 2.45) is 4.99 Å². The summed E-state index contributed by atoms with van der Waals surface area (Å²) < 4.78 is 53.6. The van der Waals surface area contributed by atoms with Gasteiger partial charge in [0.2, 0.25) is 12.7 Å². The number of rotatable bonds is 7. The Labute approximate surface area is 193 Å². The summed E-state index contributed by atoms with van der Waals surface area (Å²) in [4.78, 5) is 16.0. The van der Waals surface area contributed by atoms with Crippen LogP contribution in [0.1, 0.15) is 5.56 Å². The number of amides is 1. The lowest BCUT2D eigenvalue weighted by molar-refractivity contribution is -0.115. The molecule has 168 valence electrons. The molecule has 0 spiro atoms. The molecule has 1 amide bonds.